The SMILES string of the molecule is COc1cccc(-c2nnc(SCC(=O)Nc3ncc(Cl)cc3Cl)n2-c2ccccc2)c1. The number of methoxy groups -OCH3 is 1. The first kappa shape index (κ1) is 22.1. The van der Waals surface area contributed by atoms with Gasteiger partial charge in [0.2, 0.25) is 5.91 Å². The van der Waals surface area contributed by atoms with Crippen LogP contribution in [0.4, 0.5) is 5.82 Å². The fourth-order valence-corrected chi connectivity index (χ4v) is 4.11. The summed E-state index contributed by atoms with van der Waals surface area (Å²) in [5.74, 6) is 1.41. The van der Waals surface area contributed by atoms with E-state index < -0.39 is 0 Å². The summed E-state index contributed by atoms with van der Waals surface area (Å²) < 4.78 is 7.24. The van der Waals surface area contributed by atoms with Gasteiger partial charge in [-0.25, -0.2) is 4.98 Å². The Hall–Kier alpha value is -3.07. The van der Waals surface area contributed by atoms with E-state index in [9.17, 15) is 4.79 Å². The van der Waals surface area contributed by atoms with Gasteiger partial charge in [0.25, 0.3) is 0 Å². The molecule has 0 unspecified atom stereocenters. The Kier molecular flexibility index (Phi) is 6.94. The van der Waals surface area contributed by atoms with Crippen molar-refractivity contribution in [3.8, 4) is 22.8 Å². The van der Waals surface area contributed by atoms with E-state index in [1.807, 2.05) is 59.2 Å². The topological polar surface area (TPSA) is 81.9 Å². The fourth-order valence-electron chi connectivity index (χ4n) is 2.93. The van der Waals surface area contributed by atoms with E-state index in [0.717, 1.165) is 11.3 Å². The number of hydrogen-bond acceptors (Lipinski definition) is 6. The third kappa shape index (κ3) is 5.04. The van der Waals surface area contributed by atoms with Crippen molar-refractivity contribution in [2.75, 3.05) is 18.2 Å². The first-order valence-corrected chi connectivity index (χ1v) is 11.2. The van der Waals surface area contributed by atoms with Gasteiger partial charge < -0.3 is 10.1 Å². The highest BCUT2D eigenvalue weighted by atomic mass is 35.5. The van der Waals surface area contributed by atoms with Gasteiger partial charge in [0.1, 0.15) is 5.75 Å². The van der Waals surface area contributed by atoms with Crippen LogP contribution in [0.1, 0.15) is 0 Å². The van der Waals surface area contributed by atoms with Crippen molar-refractivity contribution in [2.45, 2.75) is 5.16 Å². The maximum atomic E-state index is 12.5. The number of anilines is 1. The van der Waals surface area contributed by atoms with Gasteiger partial charge in [-0.1, -0.05) is 65.3 Å². The van der Waals surface area contributed by atoms with Crippen LogP contribution in [0.2, 0.25) is 10.0 Å². The van der Waals surface area contributed by atoms with Gasteiger partial charge in [-0.05, 0) is 30.3 Å². The summed E-state index contributed by atoms with van der Waals surface area (Å²) in [7, 11) is 1.61. The molecule has 32 heavy (non-hydrogen) atoms. The van der Waals surface area contributed by atoms with Crippen molar-refractivity contribution in [3.63, 3.8) is 0 Å². The zero-order valence-corrected chi connectivity index (χ0v) is 19.2. The third-order valence-corrected chi connectivity index (χ3v) is 5.80. The number of thioether (sulfide) groups is 1. The lowest BCUT2D eigenvalue weighted by Crippen LogP contribution is -2.15. The molecule has 1 amide bonds. The summed E-state index contributed by atoms with van der Waals surface area (Å²) >= 11 is 13.2. The molecule has 0 saturated carbocycles. The molecule has 0 aliphatic heterocycles. The summed E-state index contributed by atoms with van der Waals surface area (Å²) in [6.45, 7) is 0. The van der Waals surface area contributed by atoms with Crippen molar-refractivity contribution >= 4 is 46.7 Å². The predicted molar refractivity (Wildman–Crippen MR) is 127 cm³/mol. The molecule has 0 fully saturated rings. The standard InChI is InChI=1S/C22H17Cl2N5O2S/c1-31-17-9-5-6-14(10-17)21-27-28-22(29(21)16-7-3-2-4-8-16)32-13-19(30)26-20-18(24)11-15(23)12-25-20/h2-12H,13H2,1H3,(H,25,26,30). The second-order valence-electron chi connectivity index (χ2n) is 6.53. The van der Waals surface area contributed by atoms with E-state index in [4.69, 9.17) is 27.9 Å². The van der Waals surface area contributed by atoms with E-state index in [-0.39, 0.29) is 22.5 Å². The summed E-state index contributed by atoms with van der Waals surface area (Å²) in [4.78, 5) is 16.5. The molecule has 1 N–H and O–H groups in total. The van der Waals surface area contributed by atoms with E-state index in [0.29, 0.717) is 21.8 Å². The number of nitrogens with one attached hydrogen (secondary N) is 1. The third-order valence-electron chi connectivity index (χ3n) is 4.37. The van der Waals surface area contributed by atoms with Crippen LogP contribution in [0, 0.1) is 0 Å². The van der Waals surface area contributed by atoms with Crippen LogP contribution in [-0.4, -0.2) is 38.5 Å². The number of hydrogen-bond donors (Lipinski definition) is 1. The minimum Gasteiger partial charge on any atom is -0.497 e. The molecule has 162 valence electrons. The second kappa shape index (κ2) is 10.0. The van der Waals surface area contributed by atoms with Gasteiger partial charge in [0.15, 0.2) is 16.8 Å². The summed E-state index contributed by atoms with van der Waals surface area (Å²) in [6, 6.07) is 18.8. The minimum absolute atomic E-state index is 0.0870. The number of carbonyl (C=O) groups is 1. The number of rotatable bonds is 7. The molecule has 4 rings (SSSR count). The van der Waals surface area contributed by atoms with Crippen molar-refractivity contribution < 1.29 is 9.53 Å². The number of aromatic nitrogens is 4. The molecule has 0 atom stereocenters. The lowest BCUT2D eigenvalue weighted by molar-refractivity contribution is -0.113. The smallest absolute Gasteiger partial charge is 0.236 e. The van der Waals surface area contributed by atoms with Gasteiger partial charge in [-0.3, -0.25) is 9.36 Å². The number of para-hydroxylation sites is 1. The molecular weight excluding hydrogens is 469 g/mol. The number of amides is 1. The Bertz CT molecular complexity index is 1250. The molecule has 0 aliphatic carbocycles. The van der Waals surface area contributed by atoms with Crippen molar-refractivity contribution in [2.24, 2.45) is 0 Å². The van der Waals surface area contributed by atoms with Crippen LogP contribution in [-0.2, 0) is 4.79 Å². The van der Waals surface area contributed by atoms with Gasteiger partial charge in [-0.15, -0.1) is 10.2 Å². The predicted octanol–water partition coefficient (Wildman–Crippen LogP) is 5.38. The molecule has 2 aromatic heterocycles. The van der Waals surface area contributed by atoms with Gasteiger partial charge in [0.05, 0.1) is 22.9 Å². The Morgan fingerprint density at radius 3 is 2.66 bits per heavy atom. The molecule has 0 bridgehead atoms. The molecule has 2 heterocycles. The van der Waals surface area contributed by atoms with Gasteiger partial charge in [-0.2, -0.15) is 0 Å². The number of ether oxygens (including phenoxy) is 1. The van der Waals surface area contributed by atoms with Gasteiger partial charge in [0, 0.05) is 17.4 Å². The number of nitrogens with zero attached hydrogens (tertiary/aromatic N) is 4. The lowest BCUT2D eigenvalue weighted by atomic mass is 10.2. The molecule has 0 aliphatic rings. The Labute approximate surface area is 198 Å². The second-order valence-corrected chi connectivity index (χ2v) is 8.32. The van der Waals surface area contributed by atoms with E-state index >= 15 is 0 Å². The average Bonchev–Trinajstić information content (AvgIpc) is 3.24. The normalized spacial score (nSPS) is 10.7. The Morgan fingerprint density at radius 1 is 1.09 bits per heavy atom. The highest BCUT2D eigenvalue weighted by Crippen LogP contribution is 2.30. The fraction of sp³-hybridized carbons (Fsp3) is 0.0909. The molecule has 0 saturated heterocycles. The summed E-state index contributed by atoms with van der Waals surface area (Å²) in [5, 5.41) is 12.6. The summed E-state index contributed by atoms with van der Waals surface area (Å²) in [6.07, 6.45) is 1.42. The van der Waals surface area contributed by atoms with E-state index in [1.165, 1.54) is 24.0 Å². The lowest BCUT2D eigenvalue weighted by Gasteiger charge is -2.11. The quantitative estimate of drug-likeness (QED) is 0.354. The Morgan fingerprint density at radius 2 is 1.91 bits per heavy atom. The minimum atomic E-state index is -0.280. The molecule has 0 spiro atoms. The largest absolute Gasteiger partial charge is 0.497 e. The number of benzene rings is 2. The molecule has 2 aromatic carbocycles. The van der Waals surface area contributed by atoms with Gasteiger partial charge >= 0.3 is 0 Å². The van der Waals surface area contributed by atoms with Crippen LogP contribution >= 0.6 is 35.0 Å². The highest BCUT2D eigenvalue weighted by molar-refractivity contribution is 7.99. The molecule has 0 radical (unpaired) electrons. The monoisotopic (exact) mass is 485 g/mol. The molecule has 10 heteroatoms. The molecular formula is C22H17Cl2N5O2S. The zero-order valence-electron chi connectivity index (χ0n) is 16.8. The molecule has 7 nitrogen and oxygen atoms in total. The first-order valence-electron chi connectivity index (χ1n) is 9.44. The molecule has 4 aromatic rings. The van der Waals surface area contributed by atoms with Crippen LogP contribution in [0.15, 0.2) is 72.0 Å². The van der Waals surface area contributed by atoms with Crippen LogP contribution in [0.3, 0.4) is 0 Å². The van der Waals surface area contributed by atoms with E-state index in [1.54, 1.807) is 7.11 Å². The Balaban J connectivity index is 1.60. The van der Waals surface area contributed by atoms with Crippen molar-refractivity contribution in [3.05, 3.63) is 76.9 Å². The van der Waals surface area contributed by atoms with Crippen LogP contribution in [0.5, 0.6) is 5.75 Å². The number of halogens is 2. The van der Waals surface area contributed by atoms with Crippen molar-refractivity contribution in [1.29, 1.82) is 0 Å². The average molecular weight is 486 g/mol. The first-order chi connectivity index (χ1) is 15.5. The zero-order chi connectivity index (χ0) is 22.5. The maximum absolute atomic E-state index is 12.5. The number of pyridine rings is 1. The van der Waals surface area contributed by atoms with E-state index in [2.05, 4.69) is 20.5 Å². The van der Waals surface area contributed by atoms with Crippen molar-refractivity contribution in [1.82, 2.24) is 19.7 Å². The maximum Gasteiger partial charge on any atom is 0.236 e. The van der Waals surface area contributed by atoms with Crippen LogP contribution < -0.4 is 10.1 Å². The van der Waals surface area contributed by atoms with Crippen LogP contribution in [0.25, 0.3) is 17.1 Å². The highest BCUT2D eigenvalue weighted by Gasteiger charge is 2.18. The number of carbonyl (C=O) groups excluding carboxylic acids is 1. The summed E-state index contributed by atoms with van der Waals surface area (Å²) in [5.41, 5.74) is 1.72.